The van der Waals surface area contributed by atoms with E-state index in [-0.39, 0.29) is 0 Å². The minimum atomic E-state index is -4.69. The maximum absolute atomic E-state index is 13.1. The number of nitrogens with zero attached hydrogens (tertiary/aromatic N) is 3. The van der Waals surface area contributed by atoms with E-state index in [4.69, 9.17) is 5.11 Å². The molecular weight excluding hydrogens is 377 g/mol. The molecule has 2 atom stereocenters. The van der Waals surface area contributed by atoms with Gasteiger partial charge in [-0.1, -0.05) is 18.2 Å². The number of hydrogen-bond acceptors (Lipinski definition) is 3. The maximum atomic E-state index is 13.1. The predicted octanol–water partition coefficient (Wildman–Crippen LogP) is 3.22. The van der Waals surface area contributed by atoms with Crippen molar-refractivity contribution in [2.75, 3.05) is 18.4 Å². The van der Waals surface area contributed by atoms with Gasteiger partial charge >= 0.3 is 18.2 Å². The molecule has 1 aromatic carbocycles. The summed E-state index contributed by atoms with van der Waals surface area (Å²) >= 11 is 0. The van der Waals surface area contributed by atoms with Crippen molar-refractivity contribution in [3.05, 3.63) is 41.7 Å². The minimum Gasteiger partial charge on any atom is -0.481 e. The van der Waals surface area contributed by atoms with Crippen LogP contribution in [0.3, 0.4) is 0 Å². The fourth-order valence-corrected chi connectivity index (χ4v) is 3.38. The first-order valence-electron chi connectivity index (χ1n) is 8.56. The number of amides is 2. The highest BCUT2D eigenvalue weighted by atomic mass is 19.4. The van der Waals surface area contributed by atoms with Gasteiger partial charge in [-0.25, -0.2) is 9.48 Å². The van der Waals surface area contributed by atoms with Crippen LogP contribution >= 0.6 is 0 Å². The van der Waals surface area contributed by atoms with Crippen LogP contribution in [0.25, 0.3) is 5.69 Å². The number of benzene rings is 1. The van der Waals surface area contributed by atoms with E-state index < -0.39 is 43.1 Å². The Morgan fingerprint density at radius 3 is 2.36 bits per heavy atom. The fraction of sp³-hybridized carbons (Fsp3) is 0.389. The Morgan fingerprint density at radius 2 is 1.82 bits per heavy atom. The fourth-order valence-electron chi connectivity index (χ4n) is 3.38. The van der Waals surface area contributed by atoms with Crippen molar-refractivity contribution in [1.29, 1.82) is 0 Å². The molecule has 2 aromatic rings. The third-order valence-electron chi connectivity index (χ3n) is 4.87. The standard InChI is InChI=1S/C18H19F3N4O3/c1-10-15(11(2)25(23-10)12-6-4-3-5-7-12)22-17(28)24-8-13(16(26)27)14(9-24)18(19,20)21/h3-7,13-14H,8-9H2,1-2H3,(H,22,28)(H,26,27)/t13-,14-/m1/s1. The monoisotopic (exact) mass is 396 g/mol. The van der Waals surface area contributed by atoms with E-state index in [1.54, 1.807) is 18.5 Å². The third-order valence-corrected chi connectivity index (χ3v) is 4.87. The Bertz CT molecular complexity index is 895. The highest BCUT2D eigenvalue weighted by Gasteiger charge is 2.53. The van der Waals surface area contributed by atoms with E-state index in [1.165, 1.54) is 0 Å². The molecule has 0 unspecified atom stereocenters. The van der Waals surface area contributed by atoms with Crippen molar-refractivity contribution < 1.29 is 27.9 Å². The normalized spacial score (nSPS) is 19.7. The molecule has 1 saturated heterocycles. The second-order valence-electron chi connectivity index (χ2n) is 6.72. The molecule has 2 N–H and O–H groups in total. The lowest BCUT2D eigenvalue weighted by molar-refractivity contribution is -0.187. The quantitative estimate of drug-likeness (QED) is 0.834. The van der Waals surface area contributed by atoms with Crippen LogP contribution in [-0.2, 0) is 4.79 Å². The number of carbonyl (C=O) groups excluding carboxylic acids is 1. The number of para-hydroxylation sites is 1. The van der Waals surface area contributed by atoms with Gasteiger partial charge in [0, 0.05) is 13.1 Å². The SMILES string of the molecule is Cc1nn(-c2ccccc2)c(C)c1NC(=O)N1C[C@@H](C(F)(F)F)[C@H](C(=O)O)C1. The van der Waals surface area contributed by atoms with E-state index in [9.17, 15) is 22.8 Å². The number of urea groups is 1. The molecule has 0 bridgehead atoms. The smallest absolute Gasteiger partial charge is 0.394 e. The first kappa shape index (κ1) is 19.7. The van der Waals surface area contributed by atoms with E-state index in [0.29, 0.717) is 17.1 Å². The van der Waals surface area contributed by atoms with Gasteiger partial charge in [0.15, 0.2) is 0 Å². The molecule has 1 aliphatic heterocycles. The Balaban J connectivity index is 1.81. The molecule has 1 fully saturated rings. The first-order valence-corrected chi connectivity index (χ1v) is 8.56. The van der Waals surface area contributed by atoms with Crippen molar-refractivity contribution >= 4 is 17.7 Å². The number of likely N-dealkylation sites (tertiary alicyclic amines) is 1. The highest BCUT2D eigenvalue weighted by molar-refractivity contribution is 5.91. The predicted molar refractivity (Wildman–Crippen MR) is 94.3 cm³/mol. The molecule has 150 valence electrons. The minimum absolute atomic E-state index is 0.385. The van der Waals surface area contributed by atoms with Crippen molar-refractivity contribution in [2.45, 2.75) is 20.0 Å². The number of aromatic nitrogens is 2. The molecule has 1 aromatic heterocycles. The van der Waals surface area contributed by atoms with Gasteiger partial charge in [0.05, 0.1) is 34.6 Å². The number of halogens is 3. The summed E-state index contributed by atoms with van der Waals surface area (Å²) in [5, 5.41) is 16.0. The molecule has 0 aliphatic carbocycles. The molecule has 28 heavy (non-hydrogen) atoms. The average molecular weight is 396 g/mol. The Labute approximate surface area is 158 Å². The number of anilines is 1. The number of aryl methyl sites for hydroxylation is 1. The summed E-state index contributed by atoms with van der Waals surface area (Å²) < 4.78 is 41.0. The van der Waals surface area contributed by atoms with Gasteiger partial charge in [-0.2, -0.15) is 18.3 Å². The van der Waals surface area contributed by atoms with Gasteiger partial charge in [0.1, 0.15) is 0 Å². The second kappa shape index (κ2) is 7.17. The van der Waals surface area contributed by atoms with Crippen LogP contribution < -0.4 is 5.32 Å². The van der Waals surface area contributed by atoms with Crippen LogP contribution in [0.15, 0.2) is 30.3 Å². The average Bonchev–Trinajstić information content (AvgIpc) is 3.20. The van der Waals surface area contributed by atoms with Crippen molar-refractivity contribution in [1.82, 2.24) is 14.7 Å². The summed E-state index contributed by atoms with van der Waals surface area (Å²) in [7, 11) is 0. The van der Waals surface area contributed by atoms with E-state index in [1.807, 2.05) is 30.3 Å². The van der Waals surface area contributed by atoms with Crippen molar-refractivity contribution in [3.63, 3.8) is 0 Å². The summed E-state index contributed by atoms with van der Waals surface area (Å²) in [4.78, 5) is 24.6. The zero-order chi connectivity index (χ0) is 20.6. The van der Waals surface area contributed by atoms with Gasteiger partial charge < -0.3 is 15.3 Å². The number of alkyl halides is 3. The summed E-state index contributed by atoms with van der Waals surface area (Å²) in [5.41, 5.74) is 2.26. The number of aliphatic carboxylic acids is 1. The van der Waals surface area contributed by atoms with E-state index >= 15 is 0 Å². The van der Waals surface area contributed by atoms with E-state index in [0.717, 1.165) is 10.6 Å². The number of carboxylic acids is 1. The topological polar surface area (TPSA) is 87.5 Å². The van der Waals surface area contributed by atoms with Gasteiger partial charge in [0.2, 0.25) is 0 Å². The molecule has 10 heteroatoms. The molecule has 0 saturated carbocycles. The molecule has 0 spiro atoms. The molecule has 1 aliphatic rings. The summed E-state index contributed by atoms with van der Waals surface area (Å²) in [6.45, 7) is 2.20. The molecule has 2 amide bonds. The van der Waals surface area contributed by atoms with Crippen LogP contribution in [0.2, 0.25) is 0 Å². The molecule has 3 rings (SSSR count). The highest BCUT2D eigenvalue weighted by Crippen LogP contribution is 2.38. The largest absolute Gasteiger partial charge is 0.481 e. The number of hydrogen-bond donors (Lipinski definition) is 2. The van der Waals surface area contributed by atoms with Crippen molar-refractivity contribution in [3.8, 4) is 5.69 Å². The molecular formula is C18H19F3N4O3. The Kier molecular flexibility index (Phi) is 5.05. The van der Waals surface area contributed by atoms with Crippen LogP contribution in [-0.4, -0.2) is 51.1 Å². The lowest BCUT2D eigenvalue weighted by Gasteiger charge is -2.19. The van der Waals surface area contributed by atoms with Crippen LogP contribution in [0, 0.1) is 25.7 Å². The number of carboxylic acid groups (broad SMARTS) is 1. The lowest BCUT2D eigenvalue weighted by atomic mass is 9.96. The molecule has 2 heterocycles. The number of carbonyl (C=O) groups is 2. The summed E-state index contributed by atoms with van der Waals surface area (Å²) in [6.07, 6.45) is -4.69. The van der Waals surface area contributed by atoms with Gasteiger partial charge in [-0.15, -0.1) is 0 Å². The Hall–Kier alpha value is -3.04. The summed E-state index contributed by atoms with van der Waals surface area (Å²) in [5.74, 6) is -5.34. The Morgan fingerprint density at radius 1 is 1.18 bits per heavy atom. The summed E-state index contributed by atoms with van der Waals surface area (Å²) in [6, 6.07) is 8.39. The van der Waals surface area contributed by atoms with E-state index in [2.05, 4.69) is 10.4 Å². The van der Waals surface area contributed by atoms with Crippen LogP contribution in [0.4, 0.5) is 23.7 Å². The zero-order valence-corrected chi connectivity index (χ0v) is 15.2. The number of nitrogens with one attached hydrogen (secondary N) is 1. The van der Waals surface area contributed by atoms with Gasteiger partial charge in [-0.05, 0) is 26.0 Å². The first-order chi connectivity index (χ1) is 13.1. The van der Waals surface area contributed by atoms with Gasteiger partial charge in [0.25, 0.3) is 0 Å². The lowest BCUT2D eigenvalue weighted by Crippen LogP contribution is -2.35. The maximum Gasteiger partial charge on any atom is 0.394 e. The second-order valence-corrected chi connectivity index (χ2v) is 6.72. The molecule has 7 nitrogen and oxygen atoms in total. The van der Waals surface area contributed by atoms with Crippen LogP contribution in [0.1, 0.15) is 11.4 Å². The number of rotatable bonds is 3. The molecule has 0 radical (unpaired) electrons. The van der Waals surface area contributed by atoms with Gasteiger partial charge in [-0.3, -0.25) is 4.79 Å². The van der Waals surface area contributed by atoms with Crippen molar-refractivity contribution in [2.24, 2.45) is 11.8 Å². The zero-order valence-electron chi connectivity index (χ0n) is 15.2. The van der Waals surface area contributed by atoms with Crippen LogP contribution in [0.5, 0.6) is 0 Å². The third kappa shape index (κ3) is 3.67.